The lowest BCUT2D eigenvalue weighted by atomic mass is 9.81. The molecule has 0 radical (unpaired) electrons. The average molecular weight is 593 g/mol. The van der Waals surface area contributed by atoms with E-state index in [2.05, 4.69) is 0 Å². The number of phenols is 3. The molecule has 10 unspecified atom stereocenters. The third-order valence-corrected chi connectivity index (χ3v) is 7.72. The van der Waals surface area contributed by atoms with Gasteiger partial charge in [-0.05, 0) is 30.5 Å². The van der Waals surface area contributed by atoms with Crippen LogP contribution in [0.15, 0.2) is 45.6 Å². The van der Waals surface area contributed by atoms with Crippen LogP contribution in [0.3, 0.4) is 0 Å². The van der Waals surface area contributed by atoms with Crippen molar-refractivity contribution < 1.29 is 64.6 Å². The highest BCUT2D eigenvalue weighted by Gasteiger charge is 2.50. The SMILES string of the molecule is CC1CC(OC2C(Oc3cc(O)c4c(=O)cc(-c5ccc(O)c(O)c5)oc4c3)OC(CO)C(O)C2O)C(O)C(O)C1O. The molecule has 1 saturated carbocycles. The summed E-state index contributed by atoms with van der Waals surface area (Å²) in [6.45, 7) is 0.924. The number of aromatic hydroxyl groups is 3. The third-order valence-electron chi connectivity index (χ3n) is 7.72. The standard InChI is InChI=1S/C28H32O14/c1-10-4-19(23(35)25(37)22(10)34)41-27-26(38)24(36)20(9-29)42-28(27)39-12-6-15(32)21-16(33)8-17(40-18(21)7-12)11-2-3-13(30)14(31)5-11/h2-3,5-8,10,19-20,22-32,34-38H,4,9H2,1H3. The Morgan fingerprint density at radius 3 is 2.29 bits per heavy atom. The summed E-state index contributed by atoms with van der Waals surface area (Å²) in [4.78, 5) is 12.8. The van der Waals surface area contributed by atoms with Crippen LogP contribution >= 0.6 is 0 Å². The Morgan fingerprint density at radius 1 is 0.857 bits per heavy atom. The summed E-state index contributed by atoms with van der Waals surface area (Å²) in [5.41, 5.74) is -0.519. The van der Waals surface area contributed by atoms with E-state index in [1.807, 2.05) is 0 Å². The summed E-state index contributed by atoms with van der Waals surface area (Å²) < 4.78 is 23.2. The van der Waals surface area contributed by atoms with E-state index in [1.165, 1.54) is 24.3 Å². The van der Waals surface area contributed by atoms with Gasteiger partial charge in [0.1, 0.15) is 64.9 Å². The molecule has 10 atom stereocenters. The van der Waals surface area contributed by atoms with E-state index >= 15 is 0 Å². The number of ether oxygens (including phenoxy) is 3. The van der Waals surface area contributed by atoms with Crippen LogP contribution in [0.25, 0.3) is 22.3 Å². The number of hydrogen-bond acceptors (Lipinski definition) is 14. The number of phenolic OH excluding ortho intramolecular Hbond substituents is 3. The highest BCUT2D eigenvalue weighted by molar-refractivity contribution is 5.86. The molecule has 2 heterocycles. The quantitative estimate of drug-likeness (QED) is 0.160. The fraction of sp³-hybridized carbons (Fsp3) is 0.464. The molecule has 228 valence electrons. The summed E-state index contributed by atoms with van der Waals surface area (Å²) in [5.74, 6) is -1.99. The van der Waals surface area contributed by atoms with Crippen LogP contribution in [-0.4, -0.2) is 108 Å². The molecule has 0 bridgehead atoms. The maximum Gasteiger partial charge on any atom is 0.229 e. The van der Waals surface area contributed by atoms with Gasteiger partial charge in [0.05, 0.1) is 18.8 Å². The Kier molecular flexibility index (Phi) is 8.33. The largest absolute Gasteiger partial charge is 0.507 e. The van der Waals surface area contributed by atoms with E-state index < -0.39 is 84.6 Å². The predicted octanol–water partition coefficient (Wildman–Crippen LogP) is -0.729. The van der Waals surface area contributed by atoms with Crippen molar-refractivity contribution in [2.45, 2.75) is 68.5 Å². The fourth-order valence-corrected chi connectivity index (χ4v) is 5.30. The summed E-state index contributed by atoms with van der Waals surface area (Å²) >= 11 is 0. The van der Waals surface area contributed by atoms with E-state index in [-0.39, 0.29) is 40.2 Å². The maximum atomic E-state index is 12.8. The van der Waals surface area contributed by atoms with E-state index in [0.717, 1.165) is 12.1 Å². The first-order chi connectivity index (χ1) is 19.9. The number of aliphatic hydroxyl groups is 6. The van der Waals surface area contributed by atoms with Crippen LogP contribution in [0.2, 0.25) is 0 Å². The van der Waals surface area contributed by atoms with Crippen molar-refractivity contribution in [3.05, 3.63) is 46.6 Å². The van der Waals surface area contributed by atoms with Crippen molar-refractivity contribution in [3.8, 4) is 34.3 Å². The van der Waals surface area contributed by atoms with Crippen molar-refractivity contribution in [2.24, 2.45) is 5.92 Å². The predicted molar refractivity (Wildman–Crippen MR) is 142 cm³/mol. The Labute approximate surface area is 237 Å². The molecule has 1 aliphatic heterocycles. The monoisotopic (exact) mass is 592 g/mol. The van der Waals surface area contributed by atoms with Gasteiger partial charge in [-0.15, -0.1) is 0 Å². The second-order valence-electron chi connectivity index (χ2n) is 10.6. The fourth-order valence-electron chi connectivity index (χ4n) is 5.30. The van der Waals surface area contributed by atoms with Crippen LogP contribution in [0, 0.1) is 5.92 Å². The Bertz CT molecular complexity index is 1490. The zero-order valence-corrected chi connectivity index (χ0v) is 22.2. The second kappa shape index (κ2) is 11.7. The van der Waals surface area contributed by atoms with Crippen LogP contribution in [0.5, 0.6) is 23.0 Å². The van der Waals surface area contributed by atoms with E-state index in [0.29, 0.717) is 0 Å². The van der Waals surface area contributed by atoms with Gasteiger partial charge in [-0.1, -0.05) is 6.92 Å². The lowest BCUT2D eigenvalue weighted by Crippen LogP contribution is -2.63. The molecule has 14 nitrogen and oxygen atoms in total. The van der Waals surface area contributed by atoms with Crippen LogP contribution in [0.4, 0.5) is 0 Å². The molecule has 5 rings (SSSR count). The maximum absolute atomic E-state index is 12.8. The van der Waals surface area contributed by atoms with Gasteiger partial charge in [0.2, 0.25) is 6.29 Å². The van der Waals surface area contributed by atoms with E-state index in [1.54, 1.807) is 6.92 Å². The number of fused-ring (bicyclic) bond motifs is 1. The van der Waals surface area contributed by atoms with Crippen molar-refractivity contribution in [1.82, 2.24) is 0 Å². The molecule has 0 amide bonds. The molecule has 3 aromatic rings. The molecular weight excluding hydrogens is 560 g/mol. The number of benzene rings is 2. The van der Waals surface area contributed by atoms with Gasteiger partial charge in [-0.3, -0.25) is 4.79 Å². The normalized spacial score (nSPS) is 33.5. The molecule has 2 aliphatic rings. The lowest BCUT2D eigenvalue weighted by molar-refractivity contribution is -0.307. The van der Waals surface area contributed by atoms with Crippen LogP contribution < -0.4 is 10.2 Å². The first-order valence-corrected chi connectivity index (χ1v) is 13.2. The molecule has 0 spiro atoms. The first kappa shape index (κ1) is 30.0. The minimum atomic E-state index is -1.70. The minimum Gasteiger partial charge on any atom is -0.507 e. The third kappa shape index (κ3) is 5.50. The lowest BCUT2D eigenvalue weighted by Gasteiger charge is -2.45. The van der Waals surface area contributed by atoms with Crippen molar-refractivity contribution in [3.63, 3.8) is 0 Å². The van der Waals surface area contributed by atoms with Gasteiger partial charge in [-0.25, -0.2) is 0 Å². The first-order valence-electron chi connectivity index (χ1n) is 13.2. The van der Waals surface area contributed by atoms with Gasteiger partial charge >= 0.3 is 0 Å². The van der Waals surface area contributed by atoms with Gasteiger partial charge in [-0.2, -0.15) is 0 Å². The number of rotatable bonds is 6. The van der Waals surface area contributed by atoms with E-state index in [9.17, 15) is 50.8 Å². The zero-order chi connectivity index (χ0) is 30.5. The van der Waals surface area contributed by atoms with Gasteiger partial charge < -0.3 is 64.6 Å². The second-order valence-corrected chi connectivity index (χ2v) is 10.6. The van der Waals surface area contributed by atoms with Crippen molar-refractivity contribution >= 4 is 11.0 Å². The summed E-state index contributed by atoms with van der Waals surface area (Å²) in [7, 11) is 0. The number of hydrogen-bond donors (Lipinski definition) is 9. The molecule has 42 heavy (non-hydrogen) atoms. The van der Waals surface area contributed by atoms with Gasteiger partial charge in [0, 0.05) is 23.8 Å². The van der Waals surface area contributed by atoms with E-state index in [4.69, 9.17) is 18.6 Å². The van der Waals surface area contributed by atoms with Crippen LogP contribution in [-0.2, 0) is 9.47 Å². The highest BCUT2D eigenvalue weighted by Crippen LogP contribution is 2.37. The molecule has 14 heteroatoms. The zero-order valence-electron chi connectivity index (χ0n) is 22.2. The molecule has 2 aromatic carbocycles. The smallest absolute Gasteiger partial charge is 0.229 e. The van der Waals surface area contributed by atoms with Crippen molar-refractivity contribution in [1.29, 1.82) is 0 Å². The number of aliphatic hydroxyl groups excluding tert-OH is 6. The minimum absolute atomic E-state index is 0.00508. The topological polar surface area (TPSA) is 240 Å². The average Bonchev–Trinajstić information content (AvgIpc) is 2.95. The Hall–Kier alpha value is -3.47. The van der Waals surface area contributed by atoms with Gasteiger partial charge in [0.25, 0.3) is 0 Å². The summed E-state index contributed by atoms with van der Waals surface area (Å²) in [6, 6.07) is 7.19. The van der Waals surface area contributed by atoms with Gasteiger partial charge in [0.15, 0.2) is 16.9 Å². The molecular formula is C28H32O14. The molecule has 1 aliphatic carbocycles. The summed E-state index contributed by atoms with van der Waals surface area (Å²) in [6.07, 6.45) is -13.0. The molecule has 1 saturated heterocycles. The molecule has 1 aromatic heterocycles. The van der Waals surface area contributed by atoms with Crippen LogP contribution in [0.1, 0.15) is 13.3 Å². The molecule has 2 fully saturated rings. The van der Waals surface area contributed by atoms with Crippen molar-refractivity contribution in [2.75, 3.05) is 6.61 Å². The molecule has 9 N–H and O–H groups in total. The summed E-state index contributed by atoms with van der Waals surface area (Å²) in [5, 5.41) is 91.7. The highest BCUT2D eigenvalue weighted by atomic mass is 16.7. The Balaban J connectivity index is 1.48. The Morgan fingerprint density at radius 2 is 1.60 bits per heavy atom.